The minimum Gasteiger partial charge on any atom is -0.469 e. The maximum absolute atomic E-state index is 12.0. The lowest BCUT2D eigenvalue weighted by molar-refractivity contribution is -0.121. The molecule has 1 atom stereocenters. The first-order chi connectivity index (χ1) is 11.2. The monoisotopic (exact) mass is 309 g/mol. The first kappa shape index (κ1) is 15.1. The van der Waals surface area contributed by atoms with Gasteiger partial charge >= 0.3 is 0 Å². The quantitative estimate of drug-likeness (QED) is 0.760. The molecule has 0 aliphatic rings. The van der Waals surface area contributed by atoms with Gasteiger partial charge in [-0.05, 0) is 36.8 Å². The molecule has 3 aromatic rings. The van der Waals surface area contributed by atoms with Crippen LogP contribution in [0.2, 0.25) is 0 Å². The van der Waals surface area contributed by atoms with E-state index < -0.39 is 0 Å². The smallest absolute Gasteiger partial charge is 0.220 e. The minimum absolute atomic E-state index is 0.0209. The number of hydrogen-bond donors (Lipinski definition) is 1. The summed E-state index contributed by atoms with van der Waals surface area (Å²) in [4.78, 5) is 16.0. The van der Waals surface area contributed by atoms with Crippen LogP contribution in [0.3, 0.4) is 0 Å². The molecule has 1 unspecified atom stereocenters. The molecule has 23 heavy (non-hydrogen) atoms. The molecule has 1 aromatic carbocycles. The van der Waals surface area contributed by atoms with Crippen LogP contribution in [-0.4, -0.2) is 15.5 Å². The van der Waals surface area contributed by atoms with Crippen LogP contribution >= 0.6 is 0 Å². The van der Waals surface area contributed by atoms with E-state index in [0.29, 0.717) is 12.8 Å². The van der Waals surface area contributed by atoms with Crippen molar-refractivity contribution in [3.05, 3.63) is 72.7 Å². The topological polar surface area (TPSA) is 60.1 Å². The minimum atomic E-state index is -0.0315. The van der Waals surface area contributed by atoms with Crippen LogP contribution in [0.4, 0.5) is 0 Å². The van der Waals surface area contributed by atoms with Crippen LogP contribution in [0.15, 0.2) is 65.8 Å². The van der Waals surface area contributed by atoms with Crippen molar-refractivity contribution in [3.8, 4) is 5.69 Å². The number of aryl methyl sites for hydroxylation is 1. The third kappa shape index (κ3) is 3.88. The molecule has 0 aliphatic carbocycles. The van der Waals surface area contributed by atoms with Crippen molar-refractivity contribution < 1.29 is 9.21 Å². The number of rotatable bonds is 6. The summed E-state index contributed by atoms with van der Waals surface area (Å²) in [5, 5.41) is 3.01. The molecule has 2 heterocycles. The van der Waals surface area contributed by atoms with E-state index in [1.807, 2.05) is 54.1 Å². The van der Waals surface area contributed by atoms with Crippen molar-refractivity contribution in [2.45, 2.75) is 25.8 Å². The number of aromatic nitrogens is 2. The van der Waals surface area contributed by atoms with Gasteiger partial charge in [-0.25, -0.2) is 4.98 Å². The van der Waals surface area contributed by atoms with Gasteiger partial charge in [-0.3, -0.25) is 4.79 Å². The van der Waals surface area contributed by atoms with Gasteiger partial charge in [0.1, 0.15) is 5.76 Å². The second-order valence-electron chi connectivity index (χ2n) is 5.43. The summed E-state index contributed by atoms with van der Waals surface area (Å²) in [6.07, 6.45) is 8.06. The highest BCUT2D eigenvalue weighted by atomic mass is 16.3. The van der Waals surface area contributed by atoms with E-state index in [0.717, 1.165) is 17.0 Å². The van der Waals surface area contributed by atoms with Crippen molar-refractivity contribution in [1.82, 2.24) is 14.9 Å². The molecule has 0 fully saturated rings. The molecule has 3 rings (SSSR count). The predicted molar refractivity (Wildman–Crippen MR) is 87.2 cm³/mol. The Balaban J connectivity index is 1.55. The fourth-order valence-electron chi connectivity index (χ4n) is 2.44. The van der Waals surface area contributed by atoms with E-state index in [2.05, 4.69) is 10.3 Å². The Kier molecular flexibility index (Phi) is 4.57. The molecule has 1 amide bonds. The summed E-state index contributed by atoms with van der Waals surface area (Å²) in [5.41, 5.74) is 2.11. The van der Waals surface area contributed by atoms with Crippen LogP contribution in [-0.2, 0) is 11.2 Å². The Hall–Kier alpha value is -2.82. The Morgan fingerprint density at radius 1 is 1.30 bits per heavy atom. The fourth-order valence-corrected chi connectivity index (χ4v) is 2.44. The Bertz CT molecular complexity index is 731. The summed E-state index contributed by atoms with van der Waals surface area (Å²) in [7, 11) is 0. The van der Waals surface area contributed by atoms with Crippen LogP contribution in [0.25, 0.3) is 5.69 Å². The van der Waals surface area contributed by atoms with Crippen molar-refractivity contribution in [2.24, 2.45) is 0 Å². The molecule has 0 radical (unpaired) electrons. The van der Waals surface area contributed by atoms with E-state index in [1.54, 1.807) is 18.8 Å². The summed E-state index contributed by atoms with van der Waals surface area (Å²) in [6, 6.07) is 11.8. The summed E-state index contributed by atoms with van der Waals surface area (Å²) < 4.78 is 7.18. The first-order valence-electron chi connectivity index (χ1n) is 7.62. The van der Waals surface area contributed by atoms with E-state index in [4.69, 9.17) is 4.42 Å². The molecular weight excluding hydrogens is 290 g/mol. The average Bonchev–Trinajstić information content (AvgIpc) is 3.26. The second-order valence-corrected chi connectivity index (χ2v) is 5.43. The molecule has 5 heteroatoms. The summed E-state index contributed by atoms with van der Waals surface area (Å²) >= 11 is 0. The van der Waals surface area contributed by atoms with Crippen LogP contribution in [0, 0.1) is 0 Å². The molecule has 1 N–H and O–H groups in total. The molecule has 0 bridgehead atoms. The number of nitrogens with one attached hydrogen (secondary N) is 1. The van der Waals surface area contributed by atoms with Gasteiger partial charge < -0.3 is 14.3 Å². The lowest BCUT2D eigenvalue weighted by atomic mass is 10.1. The zero-order valence-corrected chi connectivity index (χ0v) is 13.0. The highest BCUT2D eigenvalue weighted by Crippen LogP contribution is 2.16. The van der Waals surface area contributed by atoms with Gasteiger partial charge in [-0.2, -0.15) is 0 Å². The number of carbonyl (C=O) groups excluding carboxylic acids is 1. The van der Waals surface area contributed by atoms with Gasteiger partial charge in [0, 0.05) is 30.9 Å². The third-order valence-corrected chi connectivity index (χ3v) is 3.75. The maximum Gasteiger partial charge on any atom is 0.220 e. The normalized spacial score (nSPS) is 12.0. The SMILES string of the molecule is CC(NC(=O)CCc1ccco1)c1ccc(-n2ccnc2)cc1. The molecular formula is C18H19N3O2. The number of amides is 1. The second kappa shape index (κ2) is 6.96. The highest BCUT2D eigenvalue weighted by molar-refractivity contribution is 5.76. The number of hydrogen-bond acceptors (Lipinski definition) is 3. The molecule has 0 saturated heterocycles. The molecule has 0 saturated carbocycles. The Labute approximate surface area is 135 Å². The number of benzene rings is 1. The van der Waals surface area contributed by atoms with Gasteiger partial charge in [0.05, 0.1) is 18.6 Å². The first-order valence-corrected chi connectivity index (χ1v) is 7.62. The van der Waals surface area contributed by atoms with E-state index in [9.17, 15) is 4.79 Å². The summed E-state index contributed by atoms with van der Waals surface area (Å²) in [6.45, 7) is 1.98. The molecule has 0 aliphatic heterocycles. The van der Waals surface area contributed by atoms with Crippen LogP contribution in [0.1, 0.15) is 30.7 Å². The summed E-state index contributed by atoms with van der Waals surface area (Å²) in [5.74, 6) is 0.852. The molecule has 0 spiro atoms. The molecule has 5 nitrogen and oxygen atoms in total. The van der Waals surface area contributed by atoms with E-state index >= 15 is 0 Å². The zero-order valence-electron chi connectivity index (χ0n) is 13.0. The van der Waals surface area contributed by atoms with Crippen molar-refractivity contribution in [3.63, 3.8) is 0 Å². The largest absolute Gasteiger partial charge is 0.469 e. The van der Waals surface area contributed by atoms with Gasteiger partial charge in [0.25, 0.3) is 0 Å². The molecule has 2 aromatic heterocycles. The lowest BCUT2D eigenvalue weighted by Gasteiger charge is -2.15. The lowest BCUT2D eigenvalue weighted by Crippen LogP contribution is -2.26. The fraction of sp³-hybridized carbons (Fsp3) is 0.222. The number of nitrogens with zero attached hydrogens (tertiary/aromatic N) is 2. The Morgan fingerprint density at radius 2 is 2.13 bits per heavy atom. The Morgan fingerprint density at radius 3 is 2.78 bits per heavy atom. The number of furan rings is 1. The average molecular weight is 309 g/mol. The van der Waals surface area contributed by atoms with Crippen molar-refractivity contribution in [2.75, 3.05) is 0 Å². The van der Waals surface area contributed by atoms with Gasteiger partial charge in [0.15, 0.2) is 0 Å². The third-order valence-electron chi connectivity index (χ3n) is 3.75. The van der Waals surface area contributed by atoms with Crippen LogP contribution < -0.4 is 5.32 Å². The van der Waals surface area contributed by atoms with Crippen molar-refractivity contribution >= 4 is 5.91 Å². The number of carbonyl (C=O) groups is 1. The van der Waals surface area contributed by atoms with E-state index in [1.165, 1.54) is 0 Å². The zero-order chi connectivity index (χ0) is 16.1. The predicted octanol–water partition coefficient (Wildman–Crippen LogP) is 3.28. The van der Waals surface area contributed by atoms with E-state index in [-0.39, 0.29) is 11.9 Å². The number of imidazole rings is 1. The van der Waals surface area contributed by atoms with Gasteiger partial charge in [-0.15, -0.1) is 0 Å². The van der Waals surface area contributed by atoms with Gasteiger partial charge in [0.2, 0.25) is 5.91 Å². The van der Waals surface area contributed by atoms with Crippen LogP contribution in [0.5, 0.6) is 0 Å². The van der Waals surface area contributed by atoms with Gasteiger partial charge in [-0.1, -0.05) is 12.1 Å². The molecule has 118 valence electrons. The van der Waals surface area contributed by atoms with Crippen molar-refractivity contribution in [1.29, 1.82) is 0 Å². The maximum atomic E-state index is 12.0. The standard InChI is InChI=1S/C18H19N3O2/c1-14(20-18(22)9-8-17-3-2-12-23-17)15-4-6-16(7-5-15)21-11-10-19-13-21/h2-7,10-14H,8-9H2,1H3,(H,20,22). The highest BCUT2D eigenvalue weighted by Gasteiger charge is 2.10.